The van der Waals surface area contributed by atoms with Crippen LogP contribution < -0.4 is 4.74 Å². The molecule has 7 heteroatoms. The second-order valence-electron chi connectivity index (χ2n) is 4.44. The maximum atomic E-state index is 11.0. The molecule has 1 heterocycles. The van der Waals surface area contributed by atoms with Crippen molar-refractivity contribution in [1.29, 1.82) is 0 Å². The number of benzene rings is 1. The third kappa shape index (κ3) is 4.16. The molecule has 0 atom stereocenters. The Labute approximate surface area is 134 Å². The molecule has 1 saturated heterocycles. The number of likely N-dealkylation sites (tertiary alicyclic amines) is 1. The highest BCUT2D eigenvalue weighted by Crippen LogP contribution is 2.33. The fourth-order valence-corrected chi connectivity index (χ4v) is 2.72. The fraction of sp³-hybridized carbons (Fsp3) is 0.462. The van der Waals surface area contributed by atoms with Crippen molar-refractivity contribution in [2.24, 2.45) is 0 Å². The molecule has 0 amide bonds. The normalized spacial score (nSPS) is 14.9. The molecule has 1 aliphatic rings. The molecule has 2 rings (SSSR count). The van der Waals surface area contributed by atoms with Crippen molar-refractivity contribution in [2.75, 3.05) is 26.2 Å². The van der Waals surface area contributed by atoms with Gasteiger partial charge < -0.3 is 9.84 Å². The second-order valence-corrected chi connectivity index (χ2v) is 5.22. The topological polar surface area (TPSA) is 49.8 Å². The maximum absolute atomic E-state index is 11.0. The number of halogens is 3. The fourth-order valence-electron chi connectivity index (χ4n) is 2.13. The molecule has 1 N–H and O–H groups in total. The Morgan fingerprint density at radius 2 is 1.95 bits per heavy atom. The van der Waals surface area contributed by atoms with E-state index in [1.165, 1.54) is 18.9 Å². The average Bonchev–Trinajstić information content (AvgIpc) is 2.85. The van der Waals surface area contributed by atoms with E-state index in [-0.39, 0.29) is 28.0 Å². The Hall–Kier alpha value is -0.680. The van der Waals surface area contributed by atoms with Gasteiger partial charge in [-0.15, -0.1) is 12.4 Å². The van der Waals surface area contributed by atoms with Crippen molar-refractivity contribution in [3.05, 3.63) is 27.7 Å². The first-order valence-electron chi connectivity index (χ1n) is 6.16. The van der Waals surface area contributed by atoms with Crippen LogP contribution in [0.15, 0.2) is 12.1 Å². The quantitative estimate of drug-likeness (QED) is 0.890. The molecule has 112 valence electrons. The Balaban J connectivity index is 0.00000200. The first-order chi connectivity index (χ1) is 9.09. The summed E-state index contributed by atoms with van der Waals surface area (Å²) in [4.78, 5) is 13.4. The maximum Gasteiger partial charge on any atom is 0.338 e. The lowest BCUT2D eigenvalue weighted by Gasteiger charge is -2.16. The van der Waals surface area contributed by atoms with E-state index in [2.05, 4.69) is 4.90 Å². The van der Waals surface area contributed by atoms with Gasteiger partial charge in [-0.25, -0.2) is 4.79 Å². The summed E-state index contributed by atoms with van der Waals surface area (Å²) in [6, 6.07) is 3.09. The summed E-state index contributed by atoms with van der Waals surface area (Å²) < 4.78 is 5.55. The van der Waals surface area contributed by atoms with Crippen LogP contribution in [-0.2, 0) is 0 Å². The minimum Gasteiger partial charge on any atom is -0.491 e. The Morgan fingerprint density at radius 1 is 1.30 bits per heavy atom. The number of nitrogens with zero attached hydrogens (tertiary/aromatic N) is 1. The summed E-state index contributed by atoms with van der Waals surface area (Å²) in [5, 5.41) is 9.21. The number of carboxylic acid groups (broad SMARTS) is 1. The lowest BCUT2D eigenvalue weighted by Crippen LogP contribution is -2.25. The van der Waals surface area contributed by atoms with Crippen LogP contribution in [0.1, 0.15) is 23.2 Å². The van der Waals surface area contributed by atoms with E-state index in [0.717, 1.165) is 19.6 Å². The van der Waals surface area contributed by atoms with E-state index in [0.29, 0.717) is 12.4 Å². The smallest absolute Gasteiger partial charge is 0.338 e. The highest BCUT2D eigenvalue weighted by atomic mass is 35.5. The van der Waals surface area contributed by atoms with Gasteiger partial charge in [0.15, 0.2) is 0 Å². The van der Waals surface area contributed by atoms with E-state index < -0.39 is 5.97 Å². The zero-order valence-corrected chi connectivity index (χ0v) is 13.1. The largest absolute Gasteiger partial charge is 0.491 e. The first kappa shape index (κ1) is 17.4. The second kappa shape index (κ2) is 7.93. The van der Waals surface area contributed by atoms with Gasteiger partial charge in [0.05, 0.1) is 10.0 Å². The Kier molecular flexibility index (Phi) is 6.89. The summed E-state index contributed by atoms with van der Waals surface area (Å²) in [6.07, 6.45) is 2.45. The summed E-state index contributed by atoms with van der Waals surface area (Å²) in [5.41, 5.74) is -0.109. The molecule has 1 aliphatic heterocycles. The van der Waals surface area contributed by atoms with E-state index in [1.807, 2.05) is 0 Å². The van der Waals surface area contributed by atoms with Crippen LogP contribution in [0.2, 0.25) is 10.0 Å². The summed E-state index contributed by atoms with van der Waals surface area (Å²) in [7, 11) is 0. The first-order valence-corrected chi connectivity index (χ1v) is 6.91. The van der Waals surface area contributed by atoms with Gasteiger partial charge in [-0.3, -0.25) is 4.90 Å². The van der Waals surface area contributed by atoms with E-state index >= 15 is 0 Å². The molecule has 0 aliphatic carbocycles. The van der Waals surface area contributed by atoms with Crippen LogP contribution in [0, 0.1) is 0 Å². The van der Waals surface area contributed by atoms with Gasteiger partial charge in [0.25, 0.3) is 0 Å². The predicted octanol–water partition coefficient (Wildman–Crippen LogP) is 3.59. The number of carboxylic acids is 1. The number of rotatable bonds is 5. The van der Waals surface area contributed by atoms with Gasteiger partial charge in [-0.2, -0.15) is 0 Å². The minimum absolute atomic E-state index is 0. The molecule has 0 bridgehead atoms. The van der Waals surface area contributed by atoms with Crippen molar-refractivity contribution in [3.63, 3.8) is 0 Å². The van der Waals surface area contributed by atoms with E-state index in [4.69, 9.17) is 33.0 Å². The van der Waals surface area contributed by atoms with Crippen LogP contribution in [0.25, 0.3) is 0 Å². The molecule has 1 fully saturated rings. The Bertz CT molecular complexity index is 476. The standard InChI is InChI=1S/C13H15Cl2NO3.ClH/c14-9-3-4-10(12(15)11(9)13(17)18)19-8-7-16-5-1-2-6-16;/h3-4H,1-2,5-8H2,(H,17,18);1H. The van der Waals surface area contributed by atoms with Crippen molar-refractivity contribution in [2.45, 2.75) is 12.8 Å². The molecule has 4 nitrogen and oxygen atoms in total. The highest BCUT2D eigenvalue weighted by molar-refractivity contribution is 6.40. The van der Waals surface area contributed by atoms with Crippen LogP contribution in [0.3, 0.4) is 0 Å². The number of ether oxygens (including phenoxy) is 1. The van der Waals surface area contributed by atoms with Crippen LogP contribution in [0.5, 0.6) is 5.75 Å². The van der Waals surface area contributed by atoms with Gasteiger partial charge in [0.2, 0.25) is 0 Å². The van der Waals surface area contributed by atoms with Crippen LogP contribution in [-0.4, -0.2) is 42.2 Å². The van der Waals surface area contributed by atoms with Crippen LogP contribution in [0.4, 0.5) is 0 Å². The van der Waals surface area contributed by atoms with Crippen molar-refractivity contribution < 1.29 is 14.6 Å². The summed E-state index contributed by atoms with van der Waals surface area (Å²) >= 11 is 11.8. The summed E-state index contributed by atoms with van der Waals surface area (Å²) in [5.74, 6) is -0.789. The molecular formula is C13H16Cl3NO3. The van der Waals surface area contributed by atoms with Gasteiger partial charge in [-0.05, 0) is 38.1 Å². The molecule has 0 aromatic heterocycles. The predicted molar refractivity (Wildman–Crippen MR) is 81.8 cm³/mol. The van der Waals surface area contributed by atoms with Crippen molar-refractivity contribution in [3.8, 4) is 5.75 Å². The number of aromatic carboxylic acids is 1. The molecular weight excluding hydrogens is 325 g/mol. The third-order valence-corrected chi connectivity index (χ3v) is 3.82. The zero-order chi connectivity index (χ0) is 13.8. The van der Waals surface area contributed by atoms with Crippen molar-refractivity contribution in [1.82, 2.24) is 4.90 Å². The van der Waals surface area contributed by atoms with E-state index in [9.17, 15) is 4.79 Å². The number of carbonyl (C=O) groups is 1. The van der Waals surface area contributed by atoms with E-state index in [1.54, 1.807) is 6.07 Å². The molecule has 1 aromatic rings. The average molecular weight is 341 g/mol. The number of hydrogen-bond donors (Lipinski definition) is 1. The zero-order valence-electron chi connectivity index (χ0n) is 10.8. The lowest BCUT2D eigenvalue weighted by atomic mass is 10.2. The van der Waals surface area contributed by atoms with Gasteiger partial charge in [0, 0.05) is 6.54 Å². The van der Waals surface area contributed by atoms with Crippen LogP contribution >= 0.6 is 35.6 Å². The lowest BCUT2D eigenvalue weighted by molar-refractivity contribution is 0.0696. The monoisotopic (exact) mass is 339 g/mol. The van der Waals surface area contributed by atoms with Gasteiger partial charge >= 0.3 is 5.97 Å². The molecule has 0 spiro atoms. The van der Waals surface area contributed by atoms with Crippen molar-refractivity contribution >= 4 is 41.6 Å². The van der Waals surface area contributed by atoms with Gasteiger partial charge in [0.1, 0.15) is 17.9 Å². The SMILES string of the molecule is Cl.O=C(O)c1c(Cl)ccc(OCCN2CCCC2)c1Cl. The Morgan fingerprint density at radius 3 is 2.55 bits per heavy atom. The molecule has 0 radical (unpaired) electrons. The minimum atomic E-state index is -1.15. The molecule has 20 heavy (non-hydrogen) atoms. The highest BCUT2D eigenvalue weighted by Gasteiger charge is 2.18. The molecule has 1 aromatic carbocycles. The summed E-state index contributed by atoms with van der Waals surface area (Å²) in [6.45, 7) is 3.50. The number of hydrogen-bond acceptors (Lipinski definition) is 3. The molecule has 0 saturated carbocycles. The third-order valence-electron chi connectivity index (χ3n) is 3.13. The van der Waals surface area contributed by atoms with Gasteiger partial charge in [-0.1, -0.05) is 23.2 Å². The molecule has 0 unspecified atom stereocenters.